The molecule has 0 spiro atoms. The number of rotatable bonds is 12. The van der Waals surface area contributed by atoms with Crippen LogP contribution in [0.5, 0.6) is 0 Å². The topological polar surface area (TPSA) is 60.7 Å². The first-order chi connectivity index (χ1) is 26.1. The summed E-state index contributed by atoms with van der Waals surface area (Å²) in [5, 5.41) is 10.0. The van der Waals surface area contributed by atoms with Crippen LogP contribution in [-0.2, 0) is 15.7 Å². The zero-order valence-corrected chi connectivity index (χ0v) is 30.2. The van der Waals surface area contributed by atoms with Crippen molar-refractivity contribution in [3.63, 3.8) is 0 Å². The molecule has 0 amide bonds. The number of carbonyl (C=O) groups excluding carboxylic acids is 1. The van der Waals surface area contributed by atoms with Crippen LogP contribution in [0.3, 0.4) is 0 Å². The van der Waals surface area contributed by atoms with Crippen LogP contribution < -0.4 is 0 Å². The highest BCUT2D eigenvalue weighted by molar-refractivity contribution is 7.99. The van der Waals surface area contributed by atoms with Crippen LogP contribution in [0.2, 0.25) is 0 Å². The van der Waals surface area contributed by atoms with Gasteiger partial charge in [-0.2, -0.15) is 0 Å². The summed E-state index contributed by atoms with van der Waals surface area (Å²) in [5.41, 5.74) is 6.79. The molecule has 5 nitrogen and oxygen atoms in total. The molecule has 0 bridgehead atoms. The van der Waals surface area contributed by atoms with E-state index in [-0.39, 0.29) is 5.78 Å². The van der Waals surface area contributed by atoms with Crippen LogP contribution in [-0.4, -0.2) is 31.5 Å². The Hall–Kier alpha value is -6.11. The van der Waals surface area contributed by atoms with Crippen molar-refractivity contribution in [3.8, 4) is 0 Å². The van der Waals surface area contributed by atoms with Gasteiger partial charge in [-0.25, -0.2) is 9.67 Å². The van der Waals surface area contributed by atoms with Gasteiger partial charge in [0.25, 0.3) is 0 Å². The molecule has 6 aromatic carbocycles. The van der Waals surface area contributed by atoms with Gasteiger partial charge in [0, 0.05) is 17.1 Å². The molecular formula is C47H38N4OS. The maximum atomic E-state index is 12.2. The highest BCUT2D eigenvalue weighted by atomic mass is 32.2. The van der Waals surface area contributed by atoms with Gasteiger partial charge >= 0.3 is 0 Å². The predicted molar refractivity (Wildman–Crippen MR) is 214 cm³/mol. The van der Waals surface area contributed by atoms with Crippen molar-refractivity contribution in [1.29, 1.82) is 0 Å². The first kappa shape index (κ1) is 34.0. The molecule has 0 fully saturated rings. The Kier molecular flexibility index (Phi) is 9.53. The van der Waals surface area contributed by atoms with E-state index in [9.17, 15) is 4.79 Å². The maximum absolute atomic E-state index is 12.2. The number of fused-ring (bicyclic) bond motifs is 1. The zero-order chi connectivity index (χ0) is 36.1. The van der Waals surface area contributed by atoms with Crippen LogP contribution in [0.25, 0.3) is 11.2 Å². The number of Topliss-reactive ketones (excluding diaryl/α,β-unsaturated/α-hetero) is 1. The maximum Gasteiger partial charge on any atom is 0.181 e. The smallest absolute Gasteiger partial charge is 0.181 e. The monoisotopic (exact) mass is 706 g/mol. The summed E-state index contributed by atoms with van der Waals surface area (Å²) in [6.07, 6.45) is 0.446. The largest absolute Gasteiger partial charge is 0.300 e. The van der Waals surface area contributed by atoms with Gasteiger partial charge in [-0.05, 0) is 46.4 Å². The third kappa shape index (κ3) is 6.05. The molecule has 0 unspecified atom stereocenters. The van der Waals surface area contributed by atoms with E-state index in [2.05, 4.69) is 170 Å². The molecule has 0 aliphatic rings. The van der Waals surface area contributed by atoms with E-state index in [1.807, 2.05) is 22.9 Å². The second-order valence-electron chi connectivity index (χ2n) is 13.1. The molecule has 0 saturated heterocycles. The third-order valence-corrected chi connectivity index (χ3v) is 11.0. The lowest BCUT2D eigenvalue weighted by Crippen LogP contribution is -2.39. The molecular weight excluding hydrogens is 669 g/mol. The number of hydrogen-bond donors (Lipinski definition) is 0. The van der Waals surface area contributed by atoms with E-state index in [1.165, 1.54) is 0 Å². The van der Waals surface area contributed by atoms with Gasteiger partial charge in [0.1, 0.15) is 16.8 Å². The van der Waals surface area contributed by atoms with Gasteiger partial charge in [0.2, 0.25) is 0 Å². The number of pyridine rings is 1. The molecule has 0 radical (unpaired) electrons. The zero-order valence-electron chi connectivity index (χ0n) is 29.4. The average Bonchev–Trinajstić information content (AvgIpc) is 3.65. The highest BCUT2D eigenvalue weighted by Crippen LogP contribution is 2.47. The Morgan fingerprint density at radius 2 is 0.943 bits per heavy atom. The number of nitrogens with zero attached hydrogens (tertiary/aromatic N) is 4. The van der Waals surface area contributed by atoms with Crippen LogP contribution in [0, 0.1) is 0 Å². The van der Waals surface area contributed by atoms with E-state index in [0.717, 1.165) is 44.0 Å². The number of aromatic nitrogens is 4. The molecule has 6 heteroatoms. The first-order valence-electron chi connectivity index (χ1n) is 17.9. The molecule has 2 heterocycles. The number of benzene rings is 6. The fraction of sp³-hybridized carbons (Fsp3) is 0.106. The quantitative estimate of drug-likeness (QED) is 0.0935. The van der Waals surface area contributed by atoms with Crippen molar-refractivity contribution in [2.45, 2.75) is 29.2 Å². The van der Waals surface area contributed by atoms with Crippen LogP contribution in [0.1, 0.15) is 52.4 Å². The minimum atomic E-state index is -0.930. The lowest BCUT2D eigenvalue weighted by molar-refractivity contribution is -0.116. The van der Waals surface area contributed by atoms with Gasteiger partial charge in [-0.3, -0.25) is 4.79 Å². The average molecular weight is 707 g/mol. The van der Waals surface area contributed by atoms with Gasteiger partial charge in [0.15, 0.2) is 5.65 Å². The summed E-state index contributed by atoms with van der Waals surface area (Å²) in [4.78, 5) is 18.9. The Morgan fingerprint density at radius 3 is 1.32 bits per heavy atom. The summed E-state index contributed by atoms with van der Waals surface area (Å²) in [6.45, 7) is 1.64. The first-order valence-corrected chi connectivity index (χ1v) is 18.8. The van der Waals surface area contributed by atoms with E-state index in [4.69, 9.17) is 15.3 Å². The van der Waals surface area contributed by atoms with Gasteiger partial charge in [-0.1, -0.05) is 187 Å². The summed E-state index contributed by atoms with van der Waals surface area (Å²) in [5.74, 6) is 0.756. The van der Waals surface area contributed by atoms with Crippen LogP contribution >= 0.6 is 11.8 Å². The van der Waals surface area contributed by atoms with Crippen molar-refractivity contribution >= 4 is 28.7 Å². The molecule has 53 heavy (non-hydrogen) atoms. The number of hydrogen-bond acceptors (Lipinski definition) is 5. The second-order valence-corrected chi connectivity index (χ2v) is 14.3. The fourth-order valence-electron chi connectivity index (χ4n) is 7.62. The summed E-state index contributed by atoms with van der Waals surface area (Å²) >= 11 is 1.63. The van der Waals surface area contributed by atoms with E-state index >= 15 is 0 Å². The number of carbonyl (C=O) groups is 1. The standard InChI is InChI=1S/C47H38N4OS/c1-35(52)32-33-53-42-34-43(46(36-20-8-2-9-21-36,37-22-10-3-11-23-37)38-24-12-4-13-25-38)48-45-44(42)49-50-51(45)47(39-26-14-5-15-27-39,40-28-16-6-17-29-40)41-30-18-7-19-31-41/h2-31,34H,32-33H2,1H3. The normalized spacial score (nSPS) is 11.8. The molecule has 258 valence electrons. The number of thioether (sulfide) groups is 1. The highest BCUT2D eigenvalue weighted by Gasteiger charge is 2.44. The van der Waals surface area contributed by atoms with Crippen molar-refractivity contribution in [3.05, 3.63) is 227 Å². The minimum absolute atomic E-state index is 0.148. The second kappa shape index (κ2) is 14.9. The minimum Gasteiger partial charge on any atom is -0.300 e. The Labute approximate surface area is 314 Å². The SMILES string of the molecule is CC(=O)CCSc1cc(C(c2ccccc2)(c2ccccc2)c2ccccc2)nc2c1nnn2C(c1ccccc1)(c1ccccc1)c1ccccc1. The lowest BCUT2D eigenvalue weighted by Gasteiger charge is -2.37. The molecule has 0 aliphatic heterocycles. The summed E-state index contributed by atoms with van der Waals surface area (Å²) in [7, 11) is 0. The van der Waals surface area contributed by atoms with Gasteiger partial charge in [-0.15, -0.1) is 16.9 Å². The van der Waals surface area contributed by atoms with Crippen LogP contribution in [0.15, 0.2) is 193 Å². The van der Waals surface area contributed by atoms with Crippen LogP contribution in [0.4, 0.5) is 0 Å². The van der Waals surface area contributed by atoms with Crippen molar-refractivity contribution in [2.24, 2.45) is 0 Å². The molecule has 0 N–H and O–H groups in total. The lowest BCUT2D eigenvalue weighted by atomic mass is 9.67. The van der Waals surface area contributed by atoms with Gasteiger partial charge < -0.3 is 0 Å². The van der Waals surface area contributed by atoms with Gasteiger partial charge in [0.05, 0.1) is 11.1 Å². The molecule has 8 aromatic rings. The molecule has 0 aliphatic carbocycles. The Morgan fingerprint density at radius 1 is 0.566 bits per heavy atom. The van der Waals surface area contributed by atoms with Crippen molar-refractivity contribution < 1.29 is 4.79 Å². The molecule has 2 aromatic heterocycles. The van der Waals surface area contributed by atoms with E-state index < -0.39 is 11.0 Å². The fourth-order valence-corrected chi connectivity index (χ4v) is 8.69. The molecule has 0 atom stereocenters. The molecule has 0 saturated carbocycles. The number of ketones is 1. The Balaban J connectivity index is 1.53. The van der Waals surface area contributed by atoms with E-state index in [1.54, 1.807) is 18.7 Å². The molecule has 8 rings (SSSR count). The van der Waals surface area contributed by atoms with E-state index in [0.29, 0.717) is 23.3 Å². The Bertz CT molecular complexity index is 2240. The third-order valence-electron chi connectivity index (χ3n) is 9.98. The summed E-state index contributed by atoms with van der Waals surface area (Å²) in [6, 6.07) is 65.5. The predicted octanol–water partition coefficient (Wildman–Crippen LogP) is 10.1. The van der Waals surface area contributed by atoms with Crippen molar-refractivity contribution in [2.75, 3.05) is 5.75 Å². The van der Waals surface area contributed by atoms with Crippen molar-refractivity contribution in [1.82, 2.24) is 20.0 Å². The summed E-state index contributed by atoms with van der Waals surface area (Å²) < 4.78 is 2.02.